The predicted molar refractivity (Wildman–Crippen MR) is 141 cm³/mol. The van der Waals surface area contributed by atoms with E-state index < -0.39 is 17.8 Å². The van der Waals surface area contributed by atoms with Gasteiger partial charge in [0.2, 0.25) is 5.95 Å². The van der Waals surface area contributed by atoms with Crippen LogP contribution in [0.5, 0.6) is 0 Å². The number of nitrogens with one attached hydrogen (secondary N) is 2. The van der Waals surface area contributed by atoms with Crippen LogP contribution in [0.2, 0.25) is 5.02 Å². The van der Waals surface area contributed by atoms with Gasteiger partial charge in [-0.1, -0.05) is 28.9 Å². The van der Waals surface area contributed by atoms with E-state index in [1.54, 1.807) is 35.1 Å². The molecule has 0 aliphatic carbocycles. The molecule has 0 saturated carbocycles. The second kappa shape index (κ2) is 10.6. The molecule has 0 bridgehead atoms. The maximum absolute atomic E-state index is 13.8. The topological polar surface area (TPSA) is 104 Å². The fourth-order valence-corrected chi connectivity index (χ4v) is 4.26. The first-order valence-electron chi connectivity index (χ1n) is 11.8. The molecule has 0 saturated heterocycles. The number of anilines is 3. The monoisotopic (exact) mass is 548 g/mol. The van der Waals surface area contributed by atoms with E-state index in [1.165, 1.54) is 18.3 Å². The van der Waals surface area contributed by atoms with Crippen LogP contribution in [0, 0.1) is 28.9 Å². The summed E-state index contributed by atoms with van der Waals surface area (Å²) in [6.45, 7) is 3.94. The van der Waals surface area contributed by atoms with Gasteiger partial charge >= 0.3 is 0 Å². The van der Waals surface area contributed by atoms with Crippen LogP contribution in [-0.4, -0.2) is 25.0 Å². The maximum atomic E-state index is 13.8. The number of rotatable bonds is 7. The first-order valence-corrected chi connectivity index (χ1v) is 12.2. The summed E-state index contributed by atoms with van der Waals surface area (Å²) >= 11 is 6.50. The smallest absolute Gasteiger partial charge is 0.249 e. The molecule has 196 valence electrons. The highest BCUT2D eigenvalue weighted by Crippen LogP contribution is 2.37. The molecule has 0 radical (unpaired) electrons. The summed E-state index contributed by atoms with van der Waals surface area (Å²) in [7, 11) is 0. The minimum absolute atomic E-state index is 0.0672. The summed E-state index contributed by atoms with van der Waals surface area (Å²) in [6.07, 6.45) is 4.26. The van der Waals surface area contributed by atoms with Crippen LogP contribution in [0.15, 0.2) is 61.1 Å². The molecule has 5 aromatic rings. The number of nitrogens with zero attached hydrogens (tertiary/aromatic N) is 6. The zero-order valence-electron chi connectivity index (χ0n) is 20.6. The highest BCUT2D eigenvalue weighted by Gasteiger charge is 2.22. The Hall–Kier alpha value is -4.69. The molecule has 2 aromatic carbocycles. The van der Waals surface area contributed by atoms with Crippen molar-refractivity contribution in [1.29, 1.82) is 5.26 Å². The number of fused-ring (bicyclic) bond motifs is 1. The third kappa shape index (κ3) is 5.32. The molecule has 12 heteroatoms. The van der Waals surface area contributed by atoms with E-state index in [2.05, 4.69) is 37.0 Å². The van der Waals surface area contributed by atoms with Gasteiger partial charge in [-0.3, -0.25) is 4.98 Å². The molecule has 5 rings (SSSR count). The normalized spacial score (nSPS) is 11.9. The first kappa shape index (κ1) is 25.9. The summed E-state index contributed by atoms with van der Waals surface area (Å²) in [4.78, 5) is 7.87. The quantitative estimate of drug-likeness (QED) is 0.218. The largest absolute Gasteiger partial charge is 0.371 e. The zero-order valence-corrected chi connectivity index (χ0v) is 21.4. The number of halogens is 4. The van der Waals surface area contributed by atoms with E-state index in [9.17, 15) is 18.4 Å². The Morgan fingerprint density at radius 2 is 1.79 bits per heavy atom. The van der Waals surface area contributed by atoms with Gasteiger partial charge in [-0.05, 0) is 43.7 Å². The summed E-state index contributed by atoms with van der Waals surface area (Å²) in [5.74, 6) is -2.77. The molecule has 0 fully saturated rings. The van der Waals surface area contributed by atoms with Gasteiger partial charge in [-0.25, -0.2) is 18.4 Å². The molecule has 0 unspecified atom stereocenters. The molecule has 0 spiro atoms. The SMILES string of the molecule is CC(C)n1cc([C@@H](Nc2cc(Cl)cc3c(Nc4cnc(F)c(F)c4)c(C#N)cnc23)c2ccc(F)cc2)nn1. The minimum Gasteiger partial charge on any atom is -0.371 e. The Labute approximate surface area is 226 Å². The summed E-state index contributed by atoms with van der Waals surface area (Å²) in [5.41, 5.74) is 2.76. The van der Waals surface area contributed by atoms with E-state index in [0.717, 1.165) is 12.3 Å². The molecule has 0 aliphatic heterocycles. The molecular weight excluding hydrogens is 529 g/mol. The molecule has 0 amide bonds. The molecule has 2 N–H and O–H groups in total. The molecule has 1 atom stereocenters. The van der Waals surface area contributed by atoms with Crippen molar-refractivity contribution in [2.45, 2.75) is 25.9 Å². The predicted octanol–water partition coefficient (Wildman–Crippen LogP) is 6.69. The Balaban J connectivity index is 1.63. The molecule has 3 heterocycles. The van der Waals surface area contributed by atoms with Crippen molar-refractivity contribution in [3.8, 4) is 6.07 Å². The van der Waals surface area contributed by atoms with Crippen LogP contribution in [0.1, 0.15) is 42.8 Å². The number of hydrogen-bond donors (Lipinski definition) is 2. The number of aromatic nitrogens is 5. The van der Waals surface area contributed by atoms with Crippen LogP contribution in [0.3, 0.4) is 0 Å². The van der Waals surface area contributed by atoms with E-state index >= 15 is 0 Å². The van der Waals surface area contributed by atoms with Gasteiger partial charge in [0.1, 0.15) is 17.6 Å². The van der Waals surface area contributed by atoms with Gasteiger partial charge in [0, 0.05) is 28.7 Å². The second-order valence-electron chi connectivity index (χ2n) is 8.98. The van der Waals surface area contributed by atoms with Crippen molar-refractivity contribution in [1.82, 2.24) is 25.0 Å². The fraction of sp³-hybridized carbons (Fsp3) is 0.148. The van der Waals surface area contributed by atoms with Crippen molar-refractivity contribution in [3.05, 3.63) is 100 Å². The maximum Gasteiger partial charge on any atom is 0.249 e. The van der Waals surface area contributed by atoms with Crippen LogP contribution in [-0.2, 0) is 0 Å². The average molecular weight is 549 g/mol. The van der Waals surface area contributed by atoms with Gasteiger partial charge < -0.3 is 10.6 Å². The lowest BCUT2D eigenvalue weighted by Gasteiger charge is -2.21. The van der Waals surface area contributed by atoms with Crippen molar-refractivity contribution in [2.75, 3.05) is 10.6 Å². The third-order valence-electron chi connectivity index (χ3n) is 5.98. The summed E-state index contributed by atoms with van der Waals surface area (Å²) in [6, 6.07) is 11.7. The van der Waals surface area contributed by atoms with Crippen LogP contribution in [0.4, 0.5) is 30.2 Å². The van der Waals surface area contributed by atoms with E-state index in [1.807, 2.05) is 13.8 Å². The van der Waals surface area contributed by atoms with E-state index in [-0.39, 0.29) is 28.8 Å². The molecular formula is C27H20ClF3N8. The lowest BCUT2D eigenvalue weighted by atomic mass is 10.0. The molecule has 39 heavy (non-hydrogen) atoms. The number of nitriles is 1. The molecule has 8 nitrogen and oxygen atoms in total. The Morgan fingerprint density at radius 1 is 1.03 bits per heavy atom. The second-order valence-corrected chi connectivity index (χ2v) is 9.41. The van der Waals surface area contributed by atoms with Crippen LogP contribution in [0.25, 0.3) is 10.9 Å². The fourth-order valence-electron chi connectivity index (χ4n) is 4.04. The standard InChI is InChI=1S/C27H20ClF3N8/c1-14(2)39-13-23(37-38-39)25(15-3-5-18(29)6-4-15)36-22-8-17(28)7-20-24(16(10-32)11-33-26(20)22)35-19-9-21(30)27(31)34-12-19/h3-9,11-14,25,36H,1-2H3,(H,33,35)/t25-/m0/s1. The molecule has 0 aliphatic rings. The van der Waals surface area contributed by atoms with Gasteiger partial charge in [0.05, 0.1) is 46.6 Å². The number of hydrogen-bond acceptors (Lipinski definition) is 7. The van der Waals surface area contributed by atoms with Crippen molar-refractivity contribution >= 4 is 39.6 Å². The Bertz CT molecular complexity index is 1710. The first-order chi connectivity index (χ1) is 18.7. The third-order valence-corrected chi connectivity index (χ3v) is 6.20. The summed E-state index contributed by atoms with van der Waals surface area (Å²) < 4.78 is 42.6. The lowest BCUT2D eigenvalue weighted by molar-refractivity contribution is 0.480. The lowest BCUT2D eigenvalue weighted by Crippen LogP contribution is -2.14. The number of benzene rings is 2. The number of pyridine rings is 2. The van der Waals surface area contributed by atoms with Crippen molar-refractivity contribution in [3.63, 3.8) is 0 Å². The van der Waals surface area contributed by atoms with Gasteiger partial charge in [0.15, 0.2) is 5.82 Å². The van der Waals surface area contributed by atoms with Gasteiger partial charge in [0.25, 0.3) is 0 Å². The van der Waals surface area contributed by atoms with E-state index in [0.29, 0.717) is 32.9 Å². The van der Waals surface area contributed by atoms with Crippen molar-refractivity contribution in [2.24, 2.45) is 0 Å². The van der Waals surface area contributed by atoms with Crippen LogP contribution >= 0.6 is 11.6 Å². The highest BCUT2D eigenvalue weighted by atomic mass is 35.5. The van der Waals surface area contributed by atoms with Crippen LogP contribution < -0.4 is 10.6 Å². The molecule has 3 aromatic heterocycles. The highest BCUT2D eigenvalue weighted by molar-refractivity contribution is 6.32. The zero-order chi connectivity index (χ0) is 27.7. The van der Waals surface area contributed by atoms with E-state index in [4.69, 9.17) is 11.6 Å². The van der Waals surface area contributed by atoms with Crippen molar-refractivity contribution < 1.29 is 13.2 Å². The average Bonchev–Trinajstić information content (AvgIpc) is 3.41. The minimum atomic E-state index is -1.24. The van der Waals surface area contributed by atoms with Gasteiger partial charge in [-0.2, -0.15) is 9.65 Å². The Morgan fingerprint density at radius 3 is 2.46 bits per heavy atom. The Kier molecular flexibility index (Phi) is 7.04. The van der Waals surface area contributed by atoms with Gasteiger partial charge in [-0.15, -0.1) is 5.10 Å². The summed E-state index contributed by atoms with van der Waals surface area (Å²) in [5, 5.41) is 25.4.